The molecule has 0 spiro atoms. The number of nitrogens with zero attached hydrogens (tertiary/aromatic N) is 2. The summed E-state index contributed by atoms with van der Waals surface area (Å²) in [5.74, 6) is -0.308. The van der Waals surface area contributed by atoms with Gasteiger partial charge in [0.1, 0.15) is 15.7 Å². The minimum absolute atomic E-state index is 0.153. The summed E-state index contributed by atoms with van der Waals surface area (Å²) < 4.78 is 7.59. The van der Waals surface area contributed by atoms with Crippen LogP contribution in [0.15, 0.2) is 12.3 Å². The molecule has 0 aromatic carbocycles. The summed E-state index contributed by atoms with van der Waals surface area (Å²) in [5, 5.41) is 0. The van der Waals surface area contributed by atoms with Crippen LogP contribution in [0, 0.1) is 0 Å². The number of hydrogen-bond acceptors (Lipinski definition) is 6. The van der Waals surface area contributed by atoms with E-state index >= 15 is 0 Å². The molecule has 3 rings (SSSR count). The van der Waals surface area contributed by atoms with Crippen LogP contribution in [0.2, 0.25) is 8.67 Å². The number of carbonyl (C=O) groups is 2. The highest BCUT2D eigenvalue weighted by Crippen LogP contribution is 2.39. The van der Waals surface area contributed by atoms with Crippen molar-refractivity contribution >= 4 is 63.1 Å². The van der Waals surface area contributed by atoms with Crippen molar-refractivity contribution in [1.82, 2.24) is 9.38 Å². The highest BCUT2D eigenvalue weighted by atomic mass is 35.5. The summed E-state index contributed by atoms with van der Waals surface area (Å²) in [6.07, 6.45) is 2.59. The third-order valence-electron chi connectivity index (χ3n) is 3.06. The molecule has 0 radical (unpaired) electrons. The number of aldehydes is 1. The maximum absolute atomic E-state index is 11.6. The molecule has 5 nitrogen and oxygen atoms in total. The lowest BCUT2D eigenvalue weighted by atomic mass is 10.2. The van der Waals surface area contributed by atoms with Crippen molar-refractivity contribution in [2.24, 2.45) is 0 Å². The molecule has 3 heterocycles. The monoisotopic (exact) mass is 388 g/mol. The zero-order valence-electron chi connectivity index (χ0n) is 11.8. The third-order valence-corrected chi connectivity index (χ3v) is 5.53. The molecule has 0 aliphatic heterocycles. The smallest absolute Gasteiger partial charge is 0.311 e. The molecule has 0 atom stereocenters. The second-order valence-electron chi connectivity index (χ2n) is 4.53. The van der Waals surface area contributed by atoms with Crippen molar-refractivity contribution in [2.75, 3.05) is 6.61 Å². The van der Waals surface area contributed by atoms with E-state index in [-0.39, 0.29) is 12.4 Å². The normalized spacial score (nSPS) is 11.1. The fraction of sp³-hybridized carbons (Fsp3) is 0.214. The lowest BCUT2D eigenvalue weighted by Crippen LogP contribution is -2.06. The Balaban J connectivity index is 2.03. The Morgan fingerprint density at radius 3 is 2.83 bits per heavy atom. The van der Waals surface area contributed by atoms with E-state index in [0.717, 1.165) is 11.2 Å². The standard InChI is InChI=1S/C14H10Cl2N2O3S2/c1-2-21-11(20)3-7-5-18-9(6-19)12(17-14(18)22-7)8-4-10(15)23-13(8)16/h4-6H,2-3H2,1H3. The second-order valence-corrected chi connectivity index (χ2v) is 7.91. The van der Waals surface area contributed by atoms with Crippen molar-refractivity contribution in [3.63, 3.8) is 0 Å². The molecule has 0 bridgehead atoms. The van der Waals surface area contributed by atoms with Crippen molar-refractivity contribution in [3.8, 4) is 11.3 Å². The average Bonchev–Trinajstić information content (AvgIpc) is 3.10. The molecule has 0 saturated carbocycles. The van der Waals surface area contributed by atoms with Crippen LogP contribution in [0.1, 0.15) is 22.3 Å². The quantitative estimate of drug-likeness (QED) is 0.481. The van der Waals surface area contributed by atoms with Gasteiger partial charge in [-0.3, -0.25) is 14.0 Å². The zero-order chi connectivity index (χ0) is 16.6. The molecular formula is C14H10Cl2N2O3S2. The minimum Gasteiger partial charge on any atom is -0.466 e. The van der Waals surface area contributed by atoms with E-state index in [1.165, 1.54) is 22.7 Å². The summed E-state index contributed by atoms with van der Waals surface area (Å²) >= 11 is 14.7. The van der Waals surface area contributed by atoms with E-state index in [0.29, 0.717) is 37.2 Å². The summed E-state index contributed by atoms with van der Waals surface area (Å²) in [6, 6.07) is 1.69. The molecule has 0 N–H and O–H groups in total. The molecule has 23 heavy (non-hydrogen) atoms. The molecule has 3 aromatic rings. The molecule has 0 saturated heterocycles. The molecule has 0 aliphatic carbocycles. The number of hydrogen-bond donors (Lipinski definition) is 0. The predicted octanol–water partition coefficient (Wildman–Crippen LogP) is 4.35. The number of thiazole rings is 1. The lowest BCUT2D eigenvalue weighted by Gasteiger charge is -1.98. The number of halogens is 2. The van der Waals surface area contributed by atoms with Crippen molar-refractivity contribution < 1.29 is 14.3 Å². The summed E-state index contributed by atoms with van der Waals surface area (Å²) in [5.41, 5.74) is 1.50. The first kappa shape index (κ1) is 16.4. The van der Waals surface area contributed by atoms with Crippen LogP contribution in [0.5, 0.6) is 0 Å². The van der Waals surface area contributed by atoms with Gasteiger partial charge in [0.25, 0.3) is 0 Å². The third kappa shape index (κ3) is 3.14. The van der Waals surface area contributed by atoms with Gasteiger partial charge in [0, 0.05) is 16.6 Å². The molecule has 0 unspecified atom stereocenters. The van der Waals surface area contributed by atoms with Gasteiger partial charge in [0.15, 0.2) is 11.2 Å². The van der Waals surface area contributed by atoms with Crippen LogP contribution in [0.4, 0.5) is 0 Å². The number of imidazole rings is 1. The Labute approximate surface area is 149 Å². The summed E-state index contributed by atoms with van der Waals surface area (Å²) in [4.78, 5) is 28.9. The second kappa shape index (κ2) is 6.60. The van der Waals surface area contributed by atoms with E-state index < -0.39 is 0 Å². The molecule has 9 heteroatoms. The molecule has 3 aromatic heterocycles. The van der Waals surface area contributed by atoms with Gasteiger partial charge in [-0.15, -0.1) is 22.7 Å². The lowest BCUT2D eigenvalue weighted by molar-refractivity contribution is -0.142. The van der Waals surface area contributed by atoms with E-state index in [1.807, 2.05) is 0 Å². The van der Waals surface area contributed by atoms with Crippen LogP contribution in [-0.2, 0) is 16.0 Å². The van der Waals surface area contributed by atoms with Gasteiger partial charge < -0.3 is 4.74 Å². The number of thiophene rings is 1. The van der Waals surface area contributed by atoms with Gasteiger partial charge in [-0.05, 0) is 13.0 Å². The Kier molecular flexibility index (Phi) is 4.72. The number of carbonyl (C=O) groups excluding carboxylic acids is 2. The van der Waals surface area contributed by atoms with Gasteiger partial charge in [0.2, 0.25) is 0 Å². The first-order chi connectivity index (χ1) is 11.0. The van der Waals surface area contributed by atoms with E-state index in [1.54, 1.807) is 23.6 Å². The average molecular weight is 389 g/mol. The number of ether oxygens (including phenoxy) is 1. The Morgan fingerprint density at radius 2 is 2.22 bits per heavy atom. The molecule has 0 aliphatic rings. The Hall–Kier alpha value is -1.41. The van der Waals surface area contributed by atoms with Crippen molar-refractivity contribution in [2.45, 2.75) is 13.3 Å². The first-order valence-corrected chi connectivity index (χ1v) is 8.99. The zero-order valence-corrected chi connectivity index (χ0v) is 15.0. The highest BCUT2D eigenvalue weighted by molar-refractivity contribution is 7.20. The van der Waals surface area contributed by atoms with E-state index in [9.17, 15) is 9.59 Å². The van der Waals surface area contributed by atoms with Crippen LogP contribution in [0.3, 0.4) is 0 Å². The first-order valence-electron chi connectivity index (χ1n) is 6.60. The topological polar surface area (TPSA) is 60.7 Å². The predicted molar refractivity (Wildman–Crippen MR) is 92.1 cm³/mol. The van der Waals surface area contributed by atoms with Crippen LogP contribution in [-0.4, -0.2) is 28.2 Å². The Bertz CT molecular complexity index is 897. The van der Waals surface area contributed by atoms with Crippen LogP contribution in [0.25, 0.3) is 16.2 Å². The molecule has 120 valence electrons. The van der Waals surface area contributed by atoms with E-state index in [2.05, 4.69) is 4.98 Å². The number of fused-ring (bicyclic) bond motifs is 1. The largest absolute Gasteiger partial charge is 0.466 e. The summed E-state index contributed by atoms with van der Waals surface area (Å²) in [7, 11) is 0. The maximum Gasteiger partial charge on any atom is 0.311 e. The Morgan fingerprint density at radius 1 is 1.43 bits per heavy atom. The van der Waals surface area contributed by atoms with Crippen LogP contribution < -0.4 is 0 Å². The fourth-order valence-electron chi connectivity index (χ4n) is 2.16. The van der Waals surface area contributed by atoms with Crippen molar-refractivity contribution in [3.05, 3.63) is 31.5 Å². The molecule has 0 fully saturated rings. The van der Waals surface area contributed by atoms with Gasteiger partial charge in [-0.25, -0.2) is 4.98 Å². The van der Waals surface area contributed by atoms with Crippen molar-refractivity contribution in [1.29, 1.82) is 0 Å². The van der Waals surface area contributed by atoms with Gasteiger partial charge in [0.05, 0.1) is 17.4 Å². The molecule has 0 amide bonds. The number of esters is 1. The highest BCUT2D eigenvalue weighted by Gasteiger charge is 2.20. The molecular weight excluding hydrogens is 379 g/mol. The van der Waals surface area contributed by atoms with E-state index in [4.69, 9.17) is 27.9 Å². The van der Waals surface area contributed by atoms with Gasteiger partial charge in [-0.2, -0.15) is 0 Å². The van der Waals surface area contributed by atoms with Gasteiger partial charge in [-0.1, -0.05) is 23.2 Å². The summed E-state index contributed by atoms with van der Waals surface area (Å²) in [6.45, 7) is 2.09. The fourth-order valence-corrected chi connectivity index (χ4v) is 4.59. The van der Waals surface area contributed by atoms with Crippen LogP contribution >= 0.6 is 45.9 Å². The minimum atomic E-state index is -0.308. The van der Waals surface area contributed by atoms with Gasteiger partial charge >= 0.3 is 5.97 Å². The number of rotatable bonds is 5. The maximum atomic E-state index is 11.6. The SMILES string of the molecule is CCOC(=O)Cc1cn2c(C=O)c(-c3cc(Cl)sc3Cl)nc2s1. The number of aromatic nitrogens is 2.